The molecule has 0 heterocycles. The van der Waals surface area contributed by atoms with Crippen LogP contribution in [-0.4, -0.2) is 125 Å². The van der Waals surface area contributed by atoms with Gasteiger partial charge in [-0.15, -0.1) is 0 Å². The molecule has 2 N–H and O–H groups in total. The van der Waals surface area contributed by atoms with Crippen LogP contribution in [0.3, 0.4) is 0 Å². The highest BCUT2D eigenvalue weighted by molar-refractivity contribution is 5.79. The molecule has 246 valence electrons. The van der Waals surface area contributed by atoms with Crippen LogP contribution in [0.1, 0.15) is 23.5 Å². The standard InChI is InChI=1S/C33H50N2O9/c1-34-12-14-38-16-18-40-20-22-42-24-26-43-25-23-41-21-19-39-17-15-37-13-6-11-35-33(36)44-27-32-30-9-4-2-7-28(30)29-8-3-5-10-31(29)32/h2-5,7-10,32,34H,6,11-27H2,1H3,(H,35,36). The highest BCUT2D eigenvalue weighted by Crippen LogP contribution is 2.44. The van der Waals surface area contributed by atoms with Crippen LogP contribution in [0, 0.1) is 0 Å². The lowest BCUT2D eigenvalue weighted by atomic mass is 9.98. The molecule has 44 heavy (non-hydrogen) atoms. The predicted octanol–water partition coefficient (Wildman–Crippen LogP) is 3.25. The van der Waals surface area contributed by atoms with E-state index in [0.29, 0.717) is 112 Å². The SMILES string of the molecule is CNCCOCCOCCOCCOCCOCCOCCOCCCNC(=O)OCC1c2ccccc2-c2ccccc21. The van der Waals surface area contributed by atoms with Gasteiger partial charge in [0.1, 0.15) is 6.61 Å². The third-order valence-electron chi connectivity index (χ3n) is 6.81. The zero-order chi connectivity index (χ0) is 30.9. The number of hydrogen-bond acceptors (Lipinski definition) is 10. The molecule has 2 aromatic rings. The summed E-state index contributed by atoms with van der Waals surface area (Å²) in [5, 5.41) is 5.82. The number of amides is 1. The lowest BCUT2D eigenvalue weighted by Crippen LogP contribution is -2.27. The van der Waals surface area contributed by atoms with E-state index in [1.807, 2.05) is 31.3 Å². The van der Waals surface area contributed by atoms with Gasteiger partial charge in [-0.2, -0.15) is 0 Å². The molecule has 1 aliphatic rings. The fraction of sp³-hybridized carbons (Fsp3) is 0.606. The minimum absolute atomic E-state index is 0.0569. The van der Waals surface area contributed by atoms with E-state index in [0.717, 1.165) is 6.54 Å². The summed E-state index contributed by atoms with van der Waals surface area (Å²) in [6.07, 6.45) is 0.284. The molecule has 2 aromatic carbocycles. The van der Waals surface area contributed by atoms with E-state index >= 15 is 0 Å². The molecule has 0 saturated carbocycles. The number of hydrogen-bond donors (Lipinski definition) is 2. The van der Waals surface area contributed by atoms with Gasteiger partial charge < -0.3 is 48.5 Å². The number of carbonyl (C=O) groups is 1. The van der Waals surface area contributed by atoms with Gasteiger partial charge in [-0.25, -0.2) is 4.79 Å². The zero-order valence-electron chi connectivity index (χ0n) is 26.1. The van der Waals surface area contributed by atoms with Crippen LogP contribution in [0.4, 0.5) is 4.79 Å². The minimum Gasteiger partial charge on any atom is -0.449 e. The van der Waals surface area contributed by atoms with Gasteiger partial charge in [0.05, 0.1) is 85.9 Å². The lowest BCUT2D eigenvalue weighted by Gasteiger charge is -2.14. The van der Waals surface area contributed by atoms with Crippen molar-refractivity contribution in [3.63, 3.8) is 0 Å². The van der Waals surface area contributed by atoms with Crippen molar-refractivity contribution < 1.29 is 42.7 Å². The average molecular weight is 619 g/mol. The first-order valence-electron chi connectivity index (χ1n) is 15.6. The van der Waals surface area contributed by atoms with Crippen LogP contribution in [0.5, 0.6) is 0 Å². The van der Waals surface area contributed by atoms with E-state index in [9.17, 15) is 4.79 Å². The van der Waals surface area contributed by atoms with Gasteiger partial charge in [0.15, 0.2) is 0 Å². The molecule has 0 fully saturated rings. The number of fused-ring (bicyclic) bond motifs is 3. The maximum absolute atomic E-state index is 12.2. The summed E-state index contributed by atoms with van der Waals surface area (Å²) in [4.78, 5) is 12.2. The summed E-state index contributed by atoms with van der Waals surface area (Å²) in [5.41, 5.74) is 4.83. The van der Waals surface area contributed by atoms with Crippen molar-refractivity contribution in [3.8, 4) is 11.1 Å². The quantitative estimate of drug-likeness (QED) is 0.145. The van der Waals surface area contributed by atoms with Crippen LogP contribution in [0.15, 0.2) is 48.5 Å². The smallest absolute Gasteiger partial charge is 0.407 e. The molecule has 1 aliphatic carbocycles. The number of alkyl carbamates (subject to hydrolysis) is 1. The van der Waals surface area contributed by atoms with Gasteiger partial charge in [0.2, 0.25) is 0 Å². The minimum atomic E-state index is -0.409. The Balaban J connectivity index is 1.02. The number of ether oxygens (including phenoxy) is 8. The Labute approximate surface area is 261 Å². The second-order valence-electron chi connectivity index (χ2n) is 10.00. The Bertz CT molecular complexity index is 981. The van der Waals surface area contributed by atoms with Crippen LogP contribution in [0.2, 0.25) is 0 Å². The number of rotatable bonds is 27. The third kappa shape index (κ3) is 14.4. The Kier molecular flexibility index (Phi) is 19.3. The van der Waals surface area contributed by atoms with Crippen molar-refractivity contribution >= 4 is 6.09 Å². The number of carbonyl (C=O) groups excluding carboxylic acids is 1. The molecule has 0 saturated heterocycles. The van der Waals surface area contributed by atoms with Gasteiger partial charge in [-0.1, -0.05) is 48.5 Å². The molecular weight excluding hydrogens is 568 g/mol. The average Bonchev–Trinajstić information content (AvgIpc) is 3.37. The zero-order valence-corrected chi connectivity index (χ0v) is 26.1. The van der Waals surface area contributed by atoms with Crippen molar-refractivity contribution in [2.45, 2.75) is 12.3 Å². The second kappa shape index (κ2) is 23.7. The normalized spacial score (nSPS) is 12.3. The number of nitrogens with one attached hydrogen (secondary N) is 2. The summed E-state index contributed by atoms with van der Waals surface area (Å²) in [5.74, 6) is 0.0569. The summed E-state index contributed by atoms with van der Waals surface area (Å²) < 4.78 is 43.8. The first-order chi connectivity index (χ1) is 21.8. The van der Waals surface area contributed by atoms with Gasteiger partial charge in [-0.3, -0.25) is 0 Å². The fourth-order valence-corrected chi connectivity index (χ4v) is 4.61. The Hall–Kier alpha value is -2.61. The second-order valence-corrected chi connectivity index (χ2v) is 10.00. The van der Waals surface area contributed by atoms with E-state index in [2.05, 4.69) is 34.9 Å². The molecule has 11 heteroatoms. The molecule has 0 aliphatic heterocycles. The summed E-state index contributed by atoms with van der Waals surface area (Å²) >= 11 is 0. The van der Waals surface area contributed by atoms with Crippen LogP contribution in [0.25, 0.3) is 11.1 Å². The Morgan fingerprint density at radius 1 is 0.568 bits per heavy atom. The summed E-state index contributed by atoms with van der Waals surface area (Å²) in [7, 11) is 1.89. The first kappa shape index (κ1) is 35.9. The molecule has 3 rings (SSSR count). The van der Waals surface area contributed by atoms with E-state index < -0.39 is 6.09 Å². The van der Waals surface area contributed by atoms with Crippen molar-refractivity contribution in [1.29, 1.82) is 0 Å². The molecule has 0 radical (unpaired) electrons. The predicted molar refractivity (Wildman–Crippen MR) is 167 cm³/mol. The fourth-order valence-electron chi connectivity index (χ4n) is 4.61. The first-order valence-corrected chi connectivity index (χ1v) is 15.6. The van der Waals surface area contributed by atoms with E-state index in [-0.39, 0.29) is 5.92 Å². The third-order valence-corrected chi connectivity index (χ3v) is 6.81. The monoisotopic (exact) mass is 618 g/mol. The molecule has 0 spiro atoms. The lowest BCUT2D eigenvalue weighted by molar-refractivity contribution is -0.0204. The highest BCUT2D eigenvalue weighted by atomic mass is 16.6. The van der Waals surface area contributed by atoms with E-state index in [1.165, 1.54) is 22.3 Å². The van der Waals surface area contributed by atoms with Crippen molar-refractivity contribution in [2.75, 3.05) is 119 Å². The molecule has 0 bridgehead atoms. The molecular formula is C33H50N2O9. The van der Waals surface area contributed by atoms with Crippen molar-refractivity contribution in [2.24, 2.45) is 0 Å². The summed E-state index contributed by atoms with van der Waals surface area (Å²) in [6, 6.07) is 16.6. The van der Waals surface area contributed by atoms with Crippen molar-refractivity contribution in [1.82, 2.24) is 10.6 Å². The van der Waals surface area contributed by atoms with E-state index in [1.54, 1.807) is 0 Å². The number of benzene rings is 2. The summed E-state index contributed by atoms with van der Waals surface area (Å²) in [6.45, 7) is 9.15. The molecule has 0 atom stereocenters. The van der Waals surface area contributed by atoms with Crippen LogP contribution >= 0.6 is 0 Å². The van der Waals surface area contributed by atoms with Gasteiger partial charge in [-0.05, 0) is 35.7 Å². The maximum atomic E-state index is 12.2. The Morgan fingerprint density at radius 3 is 1.43 bits per heavy atom. The Morgan fingerprint density at radius 2 is 0.977 bits per heavy atom. The van der Waals surface area contributed by atoms with Gasteiger partial charge in [0.25, 0.3) is 0 Å². The van der Waals surface area contributed by atoms with E-state index in [4.69, 9.17) is 37.9 Å². The van der Waals surface area contributed by atoms with Gasteiger partial charge >= 0.3 is 6.09 Å². The molecule has 1 amide bonds. The van der Waals surface area contributed by atoms with Crippen LogP contribution in [-0.2, 0) is 37.9 Å². The van der Waals surface area contributed by atoms with Crippen LogP contribution < -0.4 is 10.6 Å². The number of likely N-dealkylation sites (N-methyl/N-ethyl adjacent to an activating group) is 1. The highest BCUT2D eigenvalue weighted by Gasteiger charge is 2.28. The molecule has 11 nitrogen and oxygen atoms in total. The molecule has 0 aromatic heterocycles. The maximum Gasteiger partial charge on any atom is 0.407 e. The van der Waals surface area contributed by atoms with Crippen molar-refractivity contribution in [3.05, 3.63) is 59.7 Å². The molecule has 0 unspecified atom stereocenters. The van der Waals surface area contributed by atoms with Gasteiger partial charge in [0, 0.05) is 25.6 Å². The topological polar surface area (TPSA) is 115 Å². The largest absolute Gasteiger partial charge is 0.449 e.